The molecule has 2 heterocycles. The lowest BCUT2D eigenvalue weighted by Crippen LogP contribution is -2.06. The normalized spacial score (nSPS) is 10.8. The third-order valence-electron chi connectivity index (χ3n) is 3.19. The Bertz CT molecular complexity index is 708. The first-order valence-corrected chi connectivity index (χ1v) is 6.46. The molecule has 0 aliphatic carbocycles. The van der Waals surface area contributed by atoms with E-state index >= 15 is 0 Å². The average Bonchev–Trinajstić information content (AvgIpc) is 2.96. The molecule has 0 radical (unpaired) electrons. The highest BCUT2D eigenvalue weighted by atomic mass is 16.5. The van der Waals surface area contributed by atoms with Gasteiger partial charge >= 0.3 is 0 Å². The van der Waals surface area contributed by atoms with Crippen molar-refractivity contribution in [3.63, 3.8) is 0 Å². The SMILES string of the molecule is COCc1ccccc1CNc1nccn2nccc12. The molecule has 1 N–H and O–H groups in total. The van der Waals surface area contributed by atoms with Gasteiger partial charge in [-0.15, -0.1) is 0 Å². The van der Waals surface area contributed by atoms with Crippen molar-refractivity contribution >= 4 is 11.3 Å². The molecule has 0 spiro atoms. The smallest absolute Gasteiger partial charge is 0.152 e. The van der Waals surface area contributed by atoms with E-state index in [2.05, 4.69) is 27.5 Å². The van der Waals surface area contributed by atoms with Crippen LogP contribution in [-0.2, 0) is 17.9 Å². The fraction of sp³-hybridized carbons (Fsp3) is 0.200. The van der Waals surface area contributed by atoms with E-state index in [1.165, 1.54) is 11.1 Å². The molecule has 3 aromatic rings. The van der Waals surface area contributed by atoms with Crippen molar-refractivity contribution in [2.45, 2.75) is 13.2 Å². The molecular weight excluding hydrogens is 252 g/mol. The van der Waals surface area contributed by atoms with Crippen LogP contribution in [0.15, 0.2) is 48.9 Å². The number of nitrogens with zero attached hydrogens (tertiary/aromatic N) is 3. The summed E-state index contributed by atoms with van der Waals surface area (Å²) in [5, 5.41) is 7.56. The molecule has 0 aliphatic rings. The topological polar surface area (TPSA) is 51.5 Å². The van der Waals surface area contributed by atoms with Crippen LogP contribution in [0.5, 0.6) is 0 Å². The number of nitrogens with one attached hydrogen (secondary N) is 1. The van der Waals surface area contributed by atoms with E-state index in [4.69, 9.17) is 4.74 Å². The van der Waals surface area contributed by atoms with Gasteiger partial charge in [0.15, 0.2) is 5.82 Å². The molecule has 0 aliphatic heterocycles. The van der Waals surface area contributed by atoms with Crippen LogP contribution < -0.4 is 5.32 Å². The fourth-order valence-electron chi connectivity index (χ4n) is 2.20. The monoisotopic (exact) mass is 268 g/mol. The Morgan fingerprint density at radius 2 is 2.00 bits per heavy atom. The fourth-order valence-corrected chi connectivity index (χ4v) is 2.20. The lowest BCUT2D eigenvalue weighted by molar-refractivity contribution is 0.184. The van der Waals surface area contributed by atoms with Gasteiger partial charge < -0.3 is 10.1 Å². The Morgan fingerprint density at radius 1 is 1.15 bits per heavy atom. The molecule has 2 aromatic heterocycles. The molecule has 0 unspecified atom stereocenters. The van der Waals surface area contributed by atoms with Crippen molar-refractivity contribution in [3.8, 4) is 0 Å². The minimum absolute atomic E-state index is 0.613. The largest absolute Gasteiger partial charge is 0.380 e. The van der Waals surface area contributed by atoms with Gasteiger partial charge in [0, 0.05) is 26.0 Å². The van der Waals surface area contributed by atoms with Crippen LogP contribution in [0.25, 0.3) is 5.52 Å². The highest BCUT2D eigenvalue weighted by Crippen LogP contribution is 2.16. The number of rotatable bonds is 5. The van der Waals surface area contributed by atoms with Crippen LogP contribution in [0.2, 0.25) is 0 Å². The third-order valence-corrected chi connectivity index (χ3v) is 3.19. The molecular formula is C15H16N4O. The zero-order valence-electron chi connectivity index (χ0n) is 11.3. The molecule has 5 heteroatoms. The first-order chi connectivity index (χ1) is 9.88. The number of hydrogen-bond acceptors (Lipinski definition) is 4. The number of ether oxygens (including phenoxy) is 1. The zero-order valence-corrected chi connectivity index (χ0v) is 11.3. The van der Waals surface area contributed by atoms with Crippen molar-refractivity contribution in [2.24, 2.45) is 0 Å². The Kier molecular flexibility index (Phi) is 3.60. The molecule has 0 bridgehead atoms. The second kappa shape index (κ2) is 5.71. The molecule has 0 saturated carbocycles. The Hall–Kier alpha value is -2.40. The molecule has 0 fully saturated rings. The van der Waals surface area contributed by atoms with Crippen molar-refractivity contribution in [3.05, 3.63) is 60.0 Å². The number of benzene rings is 1. The third kappa shape index (κ3) is 2.48. The van der Waals surface area contributed by atoms with E-state index in [1.807, 2.05) is 24.4 Å². The number of anilines is 1. The Balaban J connectivity index is 1.81. The average molecular weight is 268 g/mol. The summed E-state index contributed by atoms with van der Waals surface area (Å²) in [7, 11) is 1.71. The molecule has 0 atom stereocenters. The van der Waals surface area contributed by atoms with Gasteiger partial charge in [-0.1, -0.05) is 24.3 Å². The number of methoxy groups -OCH3 is 1. The van der Waals surface area contributed by atoms with E-state index in [0.717, 1.165) is 11.3 Å². The number of hydrogen-bond donors (Lipinski definition) is 1. The van der Waals surface area contributed by atoms with E-state index in [9.17, 15) is 0 Å². The summed E-state index contributed by atoms with van der Waals surface area (Å²) < 4.78 is 7.02. The highest BCUT2D eigenvalue weighted by Gasteiger charge is 2.05. The number of aromatic nitrogens is 3. The zero-order chi connectivity index (χ0) is 13.8. The van der Waals surface area contributed by atoms with Gasteiger partial charge in [-0.3, -0.25) is 0 Å². The van der Waals surface area contributed by atoms with Crippen molar-refractivity contribution in [2.75, 3.05) is 12.4 Å². The first kappa shape index (κ1) is 12.6. The van der Waals surface area contributed by atoms with Gasteiger partial charge in [-0.25, -0.2) is 9.50 Å². The summed E-state index contributed by atoms with van der Waals surface area (Å²) in [6.45, 7) is 1.32. The van der Waals surface area contributed by atoms with Crippen LogP contribution in [0.3, 0.4) is 0 Å². The summed E-state index contributed by atoms with van der Waals surface area (Å²) >= 11 is 0. The maximum Gasteiger partial charge on any atom is 0.152 e. The quantitative estimate of drug-likeness (QED) is 0.772. The van der Waals surface area contributed by atoms with Gasteiger partial charge in [-0.05, 0) is 17.2 Å². The van der Waals surface area contributed by atoms with E-state index in [-0.39, 0.29) is 0 Å². The molecule has 0 amide bonds. The van der Waals surface area contributed by atoms with E-state index in [1.54, 1.807) is 24.0 Å². The standard InChI is InChI=1S/C15H16N4O/c1-20-11-13-5-3-2-4-12(13)10-17-15-14-6-7-18-19(14)9-8-16-15/h2-9H,10-11H2,1H3,(H,16,17). The molecule has 1 aromatic carbocycles. The van der Waals surface area contributed by atoms with E-state index in [0.29, 0.717) is 13.2 Å². The molecule has 3 rings (SSSR count). The Labute approximate surface area is 117 Å². The summed E-state index contributed by atoms with van der Waals surface area (Å²) in [5.41, 5.74) is 3.36. The lowest BCUT2D eigenvalue weighted by Gasteiger charge is -2.11. The molecule has 0 saturated heterocycles. The lowest BCUT2D eigenvalue weighted by atomic mass is 10.1. The van der Waals surface area contributed by atoms with Gasteiger partial charge in [0.25, 0.3) is 0 Å². The summed E-state index contributed by atoms with van der Waals surface area (Å²) in [4.78, 5) is 4.37. The predicted molar refractivity (Wildman–Crippen MR) is 77.5 cm³/mol. The van der Waals surface area contributed by atoms with Gasteiger partial charge in [-0.2, -0.15) is 5.10 Å². The second-order valence-electron chi connectivity index (χ2n) is 4.49. The first-order valence-electron chi connectivity index (χ1n) is 6.46. The maximum atomic E-state index is 5.22. The second-order valence-corrected chi connectivity index (χ2v) is 4.49. The van der Waals surface area contributed by atoms with Crippen LogP contribution in [0.4, 0.5) is 5.82 Å². The maximum absolute atomic E-state index is 5.22. The Morgan fingerprint density at radius 3 is 2.85 bits per heavy atom. The summed E-state index contributed by atoms with van der Waals surface area (Å²) in [5.74, 6) is 0.831. The van der Waals surface area contributed by atoms with Crippen LogP contribution >= 0.6 is 0 Å². The number of fused-ring (bicyclic) bond motifs is 1. The predicted octanol–water partition coefficient (Wildman–Crippen LogP) is 2.49. The summed E-state index contributed by atoms with van der Waals surface area (Å²) in [6, 6.07) is 10.2. The van der Waals surface area contributed by atoms with Gasteiger partial charge in [0.05, 0.1) is 12.8 Å². The van der Waals surface area contributed by atoms with E-state index < -0.39 is 0 Å². The molecule has 20 heavy (non-hydrogen) atoms. The van der Waals surface area contributed by atoms with Crippen LogP contribution in [0, 0.1) is 0 Å². The molecule has 102 valence electrons. The summed E-state index contributed by atoms with van der Waals surface area (Å²) in [6.07, 6.45) is 5.34. The molecule has 5 nitrogen and oxygen atoms in total. The van der Waals surface area contributed by atoms with Gasteiger partial charge in [0.1, 0.15) is 5.52 Å². The van der Waals surface area contributed by atoms with Crippen LogP contribution in [0.1, 0.15) is 11.1 Å². The minimum Gasteiger partial charge on any atom is -0.380 e. The highest BCUT2D eigenvalue weighted by molar-refractivity contribution is 5.66. The minimum atomic E-state index is 0.613. The van der Waals surface area contributed by atoms with Crippen molar-refractivity contribution in [1.29, 1.82) is 0 Å². The van der Waals surface area contributed by atoms with Crippen LogP contribution in [-0.4, -0.2) is 21.7 Å². The van der Waals surface area contributed by atoms with Crippen molar-refractivity contribution < 1.29 is 4.74 Å². The van der Waals surface area contributed by atoms with Gasteiger partial charge in [0.2, 0.25) is 0 Å². The van der Waals surface area contributed by atoms with Crippen molar-refractivity contribution in [1.82, 2.24) is 14.6 Å².